The van der Waals surface area contributed by atoms with E-state index in [-0.39, 0.29) is 29.3 Å². The number of amides is 1. The van der Waals surface area contributed by atoms with Gasteiger partial charge in [0, 0.05) is 12.6 Å². The normalized spacial score (nSPS) is 24.7. The molecule has 1 aliphatic rings. The van der Waals surface area contributed by atoms with Gasteiger partial charge < -0.3 is 19.8 Å². The lowest BCUT2D eigenvalue weighted by Gasteiger charge is -2.41. The van der Waals surface area contributed by atoms with E-state index < -0.39 is 13.9 Å². The largest absolute Gasteiger partial charge is 0.444 e. The van der Waals surface area contributed by atoms with Gasteiger partial charge in [0.2, 0.25) is 0 Å². The maximum atomic E-state index is 12.5. The van der Waals surface area contributed by atoms with Gasteiger partial charge in [-0.3, -0.25) is 0 Å². The highest BCUT2D eigenvalue weighted by Gasteiger charge is 2.47. The Morgan fingerprint density at radius 1 is 1.22 bits per heavy atom. The number of nitrogens with zero attached hydrogens (tertiary/aromatic N) is 1. The molecule has 2 N–H and O–H groups in total. The van der Waals surface area contributed by atoms with E-state index in [1.807, 2.05) is 27.7 Å². The lowest BCUT2D eigenvalue weighted by molar-refractivity contribution is 0.0138. The van der Waals surface area contributed by atoms with Crippen LogP contribution in [-0.4, -0.2) is 49.6 Å². The van der Waals surface area contributed by atoms with Gasteiger partial charge in [-0.1, -0.05) is 20.8 Å². The molecule has 0 spiro atoms. The Morgan fingerprint density at radius 2 is 1.74 bits per heavy atom. The number of hydrogen-bond donors (Lipinski definition) is 1. The van der Waals surface area contributed by atoms with Crippen molar-refractivity contribution in [2.24, 2.45) is 5.73 Å². The second-order valence-corrected chi connectivity index (χ2v) is 14.0. The fourth-order valence-corrected chi connectivity index (χ4v) is 3.99. The van der Waals surface area contributed by atoms with E-state index in [1.165, 1.54) is 0 Å². The molecule has 0 aromatic carbocycles. The number of nitrogens with two attached hydrogens (primary N) is 1. The van der Waals surface area contributed by atoms with Crippen molar-refractivity contribution in [2.45, 2.75) is 96.8 Å². The highest BCUT2D eigenvalue weighted by molar-refractivity contribution is 6.74. The van der Waals surface area contributed by atoms with Gasteiger partial charge >= 0.3 is 6.09 Å². The molecule has 0 aliphatic carbocycles. The van der Waals surface area contributed by atoms with Crippen LogP contribution >= 0.6 is 0 Å². The van der Waals surface area contributed by atoms with Crippen LogP contribution in [0.3, 0.4) is 0 Å². The summed E-state index contributed by atoms with van der Waals surface area (Å²) in [5.41, 5.74) is 5.69. The van der Waals surface area contributed by atoms with Crippen LogP contribution in [0.15, 0.2) is 0 Å². The molecule has 136 valence electrons. The highest BCUT2D eigenvalue weighted by Crippen LogP contribution is 2.39. The summed E-state index contributed by atoms with van der Waals surface area (Å²) in [5, 5.41) is 0.134. The molecule has 0 bridgehead atoms. The predicted octanol–water partition coefficient (Wildman–Crippen LogP) is 3.73. The zero-order valence-electron chi connectivity index (χ0n) is 16.4. The Bertz CT molecular complexity index is 425. The van der Waals surface area contributed by atoms with E-state index in [0.29, 0.717) is 6.54 Å². The highest BCUT2D eigenvalue weighted by atomic mass is 28.4. The maximum absolute atomic E-state index is 12.5. The molecule has 6 heteroatoms. The van der Waals surface area contributed by atoms with Gasteiger partial charge in [0.1, 0.15) is 5.60 Å². The Labute approximate surface area is 143 Å². The quantitative estimate of drug-likeness (QED) is 0.792. The minimum Gasteiger partial charge on any atom is -0.444 e. The first-order valence-corrected chi connectivity index (χ1v) is 11.5. The zero-order chi connectivity index (χ0) is 18.2. The van der Waals surface area contributed by atoms with Gasteiger partial charge in [-0.2, -0.15) is 0 Å². The van der Waals surface area contributed by atoms with Crippen LogP contribution in [0.1, 0.15) is 54.9 Å². The molecule has 3 atom stereocenters. The predicted molar refractivity (Wildman–Crippen MR) is 97.1 cm³/mol. The van der Waals surface area contributed by atoms with E-state index in [1.54, 1.807) is 4.90 Å². The van der Waals surface area contributed by atoms with E-state index in [2.05, 4.69) is 33.9 Å². The molecule has 5 nitrogen and oxygen atoms in total. The van der Waals surface area contributed by atoms with Crippen LogP contribution in [0.2, 0.25) is 18.1 Å². The van der Waals surface area contributed by atoms with Crippen LogP contribution in [0.25, 0.3) is 0 Å². The Kier molecular flexibility index (Phi) is 5.98. The summed E-state index contributed by atoms with van der Waals surface area (Å²) in [4.78, 5) is 14.2. The smallest absolute Gasteiger partial charge is 0.410 e. The minimum absolute atomic E-state index is 0.0107. The fraction of sp³-hybridized carbons (Fsp3) is 0.941. The Morgan fingerprint density at radius 3 is 2.13 bits per heavy atom. The van der Waals surface area contributed by atoms with Crippen LogP contribution in [0.4, 0.5) is 4.79 Å². The van der Waals surface area contributed by atoms with Crippen molar-refractivity contribution in [3.8, 4) is 0 Å². The first-order valence-electron chi connectivity index (χ1n) is 8.59. The van der Waals surface area contributed by atoms with Gasteiger partial charge in [0.05, 0.1) is 12.1 Å². The van der Waals surface area contributed by atoms with Gasteiger partial charge in [0.25, 0.3) is 0 Å². The van der Waals surface area contributed by atoms with E-state index in [0.717, 1.165) is 6.42 Å². The molecule has 0 saturated carbocycles. The molecule has 0 aromatic heterocycles. The van der Waals surface area contributed by atoms with E-state index in [9.17, 15) is 4.79 Å². The average molecular weight is 345 g/mol. The topological polar surface area (TPSA) is 64.8 Å². The number of ether oxygens (including phenoxy) is 1. The third kappa shape index (κ3) is 5.19. The monoisotopic (exact) mass is 344 g/mol. The molecule has 1 rings (SSSR count). The summed E-state index contributed by atoms with van der Waals surface area (Å²) in [5.74, 6) is 0. The van der Waals surface area contributed by atoms with Gasteiger partial charge in [0.15, 0.2) is 8.32 Å². The van der Waals surface area contributed by atoms with Crippen molar-refractivity contribution in [3.63, 3.8) is 0 Å². The molecule has 1 fully saturated rings. The molecule has 1 saturated heterocycles. The van der Waals surface area contributed by atoms with Crippen molar-refractivity contribution in [2.75, 3.05) is 6.54 Å². The van der Waals surface area contributed by atoms with Crippen LogP contribution < -0.4 is 5.73 Å². The summed E-state index contributed by atoms with van der Waals surface area (Å²) in [6, 6.07) is -0.279. The third-order valence-electron chi connectivity index (χ3n) is 4.81. The summed E-state index contributed by atoms with van der Waals surface area (Å²) in [6.45, 7) is 19.4. The van der Waals surface area contributed by atoms with E-state index >= 15 is 0 Å². The lowest BCUT2D eigenvalue weighted by Crippen LogP contribution is -2.54. The number of carbonyl (C=O) groups is 1. The molecular formula is C17H36N2O3Si. The fourth-order valence-electron chi connectivity index (χ4n) is 2.63. The van der Waals surface area contributed by atoms with Gasteiger partial charge in [-0.15, -0.1) is 0 Å². The summed E-state index contributed by atoms with van der Waals surface area (Å²) >= 11 is 0. The van der Waals surface area contributed by atoms with Crippen LogP contribution in [-0.2, 0) is 9.16 Å². The molecule has 0 radical (unpaired) electrons. The van der Waals surface area contributed by atoms with Crippen molar-refractivity contribution in [1.29, 1.82) is 0 Å². The molecule has 1 aliphatic heterocycles. The van der Waals surface area contributed by atoms with E-state index in [4.69, 9.17) is 14.9 Å². The molecule has 2 unspecified atom stereocenters. The summed E-state index contributed by atoms with van der Waals surface area (Å²) in [7, 11) is -1.90. The Balaban J connectivity index is 2.91. The summed E-state index contributed by atoms with van der Waals surface area (Å²) in [6.07, 6.45) is 0.516. The van der Waals surface area contributed by atoms with Crippen molar-refractivity contribution < 1.29 is 14.0 Å². The SMILES string of the molecule is C[C@H](N)C1C(O[Si](C)(C)C(C)(C)C)CCN1C(=O)OC(C)(C)C. The van der Waals surface area contributed by atoms with Crippen molar-refractivity contribution in [1.82, 2.24) is 4.90 Å². The molecule has 1 amide bonds. The van der Waals surface area contributed by atoms with Crippen LogP contribution in [0.5, 0.6) is 0 Å². The zero-order valence-corrected chi connectivity index (χ0v) is 17.4. The van der Waals surface area contributed by atoms with Gasteiger partial charge in [-0.25, -0.2) is 4.79 Å². The second kappa shape index (κ2) is 6.73. The number of hydrogen-bond acceptors (Lipinski definition) is 4. The number of likely N-dealkylation sites (tertiary alicyclic amines) is 1. The van der Waals surface area contributed by atoms with Crippen LogP contribution in [0, 0.1) is 0 Å². The average Bonchev–Trinajstić information content (AvgIpc) is 2.67. The maximum Gasteiger partial charge on any atom is 0.410 e. The Hall–Kier alpha value is -0.593. The standard InChI is InChI=1S/C17H36N2O3Si/c1-12(18)14-13(22-23(8,9)17(5,6)7)10-11-19(14)15(20)21-16(2,3)4/h12-14H,10-11,18H2,1-9H3/t12-,13?,14?/m0/s1. The summed E-state index contributed by atoms with van der Waals surface area (Å²) < 4.78 is 12.1. The molecule has 1 heterocycles. The molecule has 0 aromatic rings. The first kappa shape index (κ1) is 20.5. The second-order valence-electron chi connectivity index (χ2n) is 9.23. The number of rotatable bonds is 3. The lowest BCUT2D eigenvalue weighted by atomic mass is 10.1. The molecule has 23 heavy (non-hydrogen) atoms. The van der Waals surface area contributed by atoms with Crippen molar-refractivity contribution in [3.05, 3.63) is 0 Å². The number of carbonyl (C=O) groups excluding carboxylic acids is 1. The minimum atomic E-state index is -1.90. The molecular weight excluding hydrogens is 308 g/mol. The van der Waals surface area contributed by atoms with Gasteiger partial charge in [-0.05, 0) is 52.2 Å². The van der Waals surface area contributed by atoms with Crippen molar-refractivity contribution >= 4 is 14.4 Å². The third-order valence-corrected chi connectivity index (χ3v) is 9.32. The first-order chi connectivity index (χ1) is 10.2.